The third-order valence-electron chi connectivity index (χ3n) is 5.05. The molecule has 0 atom stereocenters. The Balaban J connectivity index is 0.000000225. The number of phenols is 2. The first-order valence-electron chi connectivity index (χ1n) is 11.2. The average Bonchev–Trinajstić information content (AvgIpc) is 3.57. The van der Waals surface area contributed by atoms with Gasteiger partial charge in [0.1, 0.15) is 22.5 Å². The summed E-state index contributed by atoms with van der Waals surface area (Å²) in [7, 11) is -0.184. The zero-order chi connectivity index (χ0) is 26.7. The van der Waals surface area contributed by atoms with E-state index in [1.54, 1.807) is 36.4 Å². The summed E-state index contributed by atoms with van der Waals surface area (Å²) in [5, 5.41) is 19.4. The summed E-state index contributed by atoms with van der Waals surface area (Å²) in [6.45, 7) is 2.54. The van der Waals surface area contributed by atoms with Crippen LogP contribution < -0.4 is 0 Å². The maximum absolute atomic E-state index is 9.69. The molecular weight excluding hydrogens is 651 g/mol. The molecule has 6 rings (SSSR count). The average molecular weight is 669 g/mol. The van der Waals surface area contributed by atoms with Crippen molar-refractivity contribution in [1.29, 1.82) is 0 Å². The minimum Gasteiger partial charge on any atom is -0.507 e. The second-order valence-electron chi connectivity index (χ2n) is 7.52. The minimum atomic E-state index is -0.0921. The molecule has 0 amide bonds. The Bertz CT molecular complexity index is 1500. The molecule has 0 bridgehead atoms. The number of aromatic hydroxyl groups is 2. The van der Waals surface area contributed by atoms with E-state index in [0.717, 1.165) is 22.2 Å². The fourth-order valence-corrected chi connectivity index (χ4v) is 3.77. The van der Waals surface area contributed by atoms with Gasteiger partial charge < -0.3 is 19.0 Å². The second-order valence-corrected chi connectivity index (χ2v) is 8.53. The third-order valence-corrected chi connectivity index (χ3v) is 5.82. The van der Waals surface area contributed by atoms with Crippen molar-refractivity contribution in [2.75, 3.05) is 0 Å². The van der Waals surface area contributed by atoms with E-state index in [0.29, 0.717) is 22.9 Å². The van der Waals surface area contributed by atoms with Crippen molar-refractivity contribution in [3.8, 4) is 34.4 Å². The molecule has 40 heavy (non-hydrogen) atoms. The van der Waals surface area contributed by atoms with Gasteiger partial charge in [-0.05, 0) is 48.5 Å². The number of aromatic nitrogens is 2. The Morgan fingerprint density at radius 3 is 1.25 bits per heavy atom. The smallest absolute Gasteiger partial charge is 0.231 e. The Labute approximate surface area is 259 Å². The molecule has 2 heterocycles. The molecule has 0 saturated carbocycles. The fourth-order valence-electron chi connectivity index (χ4n) is 3.34. The van der Waals surface area contributed by atoms with Gasteiger partial charge in [-0.25, -0.2) is 9.97 Å². The number of benzene rings is 4. The number of rotatable bonds is 5. The van der Waals surface area contributed by atoms with Crippen LogP contribution in [0.15, 0.2) is 106 Å². The first kappa shape index (κ1) is 33.2. The van der Waals surface area contributed by atoms with E-state index in [1.165, 1.54) is 13.8 Å². The molecule has 0 fully saturated rings. The van der Waals surface area contributed by atoms with Crippen molar-refractivity contribution in [2.24, 2.45) is 0 Å². The quantitative estimate of drug-likeness (QED) is 0.113. The van der Waals surface area contributed by atoms with Crippen LogP contribution in [0.25, 0.3) is 45.1 Å². The summed E-state index contributed by atoms with van der Waals surface area (Å²) in [4.78, 5) is 8.63. The van der Waals surface area contributed by atoms with Gasteiger partial charge in [-0.2, -0.15) is 0 Å². The summed E-state index contributed by atoms with van der Waals surface area (Å²) >= 11 is 0. The van der Waals surface area contributed by atoms with Gasteiger partial charge in [-0.1, -0.05) is 48.5 Å². The first-order chi connectivity index (χ1) is 18.6. The molecule has 4 aromatic carbocycles. The molecule has 14 heteroatoms. The van der Waals surface area contributed by atoms with Crippen LogP contribution in [0.4, 0.5) is 0 Å². The van der Waals surface area contributed by atoms with Crippen LogP contribution in [0.3, 0.4) is 0 Å². The van der Waals surface area contributed by atoms with Gasteiger partial charge in [0.25, 0.3) is 0 Å². The molecule has 0 aliphatic heterocycles. The molecule has 0 aliphatic carbocycles. The maximum atomic E-state index is 9.69. The molecule has 0 spiro atoms. The molecule has 2 radical (unpaired) electrons. The van der Waals surface area contributed by atoms with Crippen LogP contribution in [0.1, 0.15) is 0 Å². The van der Waals surface area contributed by atoms with E-state index in [2.05, 4.69) is 9.97 Å². The Hall–Kier alpha value is -3.00. The van der Waals surface area contributed by atoms with E-state index in [-0.39, 0.29) is 67.1 Å². The topological polar surface area (TPSA) is 127 Å². The monoisotopic (exact) mass is 666 g/mol. The molecule has 0 saturated heterocycles. The largest absolute Gasteiger partial charge is 0.507 e. The Morgan fingerprint density at radius 2 is 0.900 bits per heavy atom. The number of nitrogens with zero attached hydrogens (tertiary/aromatic N) is 2. The summed E-state index contributed by atoms with van der Waals surface area (Å²) in [6.07, 6.45) is 0. The molecule has 0 unspecified atom stereocenters. The molecule has 8 nitrogen and oxygen atoms in total. The van der Waals surface area contributed by atoms with Crippen molar-refractivity contribution < 1.29 is 67.1 Å². The number of phenolic OH excluding ortho intramolecular Hbond substituents is 2. The zero-order valence-electron chi connectivity index (χ0n) is 21.1. The van der Waals surface area contributed by atoms with Gasteiger partial charge in [-0.3, -0.25) is 9.13 Å². The van der Waals surface area contributed by atoms with Crippen LogP contribution >= 0.6 is 16.7 Å². The Kier molecular flexibility index (Phi) is 14.1. The minimum absolute atomic E-state index is 0. The van der Waals surface area contributed by atoms with Crippen LogP contribution in [0.5, 0.6) is 11.5 Å². The summed E-state index contributed by atoms with van der Waals surface area (Å²) in [6, 6.07) is 29.0. The zero-order valence-corrected chi connectivity index (χ0v) is 28.8. The van der Waals surface area contributed by atoms with Crippen LogP contribution in [0.2, 0.25) is 0 Å². The number of para-hydroxylation sites is 6. The van der Waals surface area contributed by atoms with Crippen LogP contribution in [0, 0.1) is 0 Å². The third kappa shape index (κ3) is 8.75. The number of hydrogen-bond acceptors (Lipinski definition) is 8. The maximum Gasteiger partial charge on any atom is 0.231 e. The van der Waals surface area contributed by atoms with E-state index in [4.69, 9.17) is 8.83 Å². The van der Waals surface area contributed by atoms with Crippen molar-refractivity contribution >= 4 is 52.7 Å². The fraction of sp³-hybridized carbons (Fsp3) is 0. The normalized spacial score (nSPS) is 9.90. The van der Waals surface area contributed by atoms with E-state index in [1.807, 2.05) is 60.7 Å². The number of hydrogen-bond donors (Lipinski definition) is 2. The molecule has 0 aliphatic rings. The van der Waals surface area contributed by atoms with Gasteiger partial charge in [0, 0.05) is 39.0 Å². The summed E-state index contributed by atoms with van der Waals surface area (Å²) in [5.74, 6) is 1.24. The van der Waals surface area contributed by atoms with Crippen molar-refractivity contribution in [3.63, 3.8) is 0 Å². The molecular formula is C26H18B2N2O6P2Zn2. The van der Waals surface area contributed by atoms with Crippen LogP contribution in [-0.4, -0.2) is 34.0 Å². The SMILES string of the molecule is O=P[B][B]P=O.Oc1ccccc1-c1nc2ccccc2o1.Oc1ccccc1-c1nc2ccccc2o1.[Zn].[Zn]. The van der Waals surface area contributed by atoms with Gasteiger partial charge in [-0.15, -0.1) is 0 Å². The number of fused-ring (bicyclic) bond motifs is 2. The predicted octanol–water partition coefficient (Wildman–Crippen LogP) is 7.12. The van der Waals surface area contributed by atoms with Crippen molar-refractivity contribution in [3.05, 3.63) is 97.1 Å². The first-order valence-corrected chi connectivity index (χ1v) is 12.9. The van der Waals surface area contributed by atoms with Crippen LogP contribution in [-0.2, 0) is 48.1 Å². The summed E-state index contributed by atoms with van der Waals surface area (Å²) in [5.41, 5.74) is 4.25. The Morgan fingerprint density at radius 1 is 0.550 bits per heavy atom. The molecule has 6 aromatic rings. The van der Waals surface area contributed by atoms with Crippen molar-refractivity contribution in [2.45, 2.75) is 0 Å². The van der Waals surface area contributed by atoms with Gasteiger partial charge in [0.05, 0.1) is 27.8 Å². The van der Waals surface area contributed by atoms with E-state index >= 15 is 0 Å². The van der Waals surface area contributed by atoms with Gasteiger partial charge in [0.2, 0.25) is 25.6 Å². The molecule has 188 valence electrons. The number of oxazole rings is 2. The second kappa shape index (κ2) is 17.0. The van der Waals surface area contributed by atoms with Crippen molar-refractivity contribution in [1.82, 2.24) is 9.97 Å². The van der Waals surface area contributed by atoms with E-state index < -0.39 is 0 Å². The van der Waals surface area contributed by atoms with E-state index in [9.17, 15) is 19.3 Å². The molecule has 2 N–H and O–H groups in total. The standard InChI is InChI=1S/2C13H9NO2.B2O2P2.2Zn/c2*15-11-7-3-1-5-9(11)13-14-10-6-2-4-8-12(10)16-13;3-5-1-2-6-4;;/h2*1-8,15H;;;. The summed E-state index contributed by atoms with van der Waals surface area (Å²) < 4.78 is 30.0. The predicted molar refractivity (Wildman–Crippen MR) is 149 cm³/mol. The molecule has 2 aromatic heterocycles. The van der Waals surface area contributed by atoms with Gasteiger partial charge >= 0.3 is 0 Å². The van der Waals surface area contributed by atoms with Gasteiger partial charge in [0.15, 0.2) is 11.2 Å².